The molecule has 1 saturated heterocycles. The molecular formula is C26H34Cl2N4S. The van der Waals surface area contributed by atoms with E-state index >= 15 is 0 Å². The van der Waals surface area contributed by atoms with Crippen molar-refractivity contribution in [2.75, 3.05) is 18.0 Å². The largest absolute Gasteiger partial charge is 0.355 e. The fraction of sp³-hybridized carbons (Fsp3) is 0.462. The van der Waals surface area contributed by atoms with Gasteiger partial charge < -0.3 is 10.6 Å². The zero-order valence-electron chi connectivity index (χ0n) is 19.8. The molecule has 0 bridgehead atoms. The van der Waals surface area contributed by atoms with Gasteiger partial charge in [0.15, 0.2) is 0 Å². The Bertz CT molecular complexity index is 984. The van der Waals surface area contributed by atoms with Gasteiger partial charge in [0.2, 0.25) is 0 Å². The molecule has 1 atom stereocenters. The summed E-state index contributed by atoms with van der Waals surface area (Å²) in [6.07, 6.45) is 17.4. The van der Waals surface area contributed by atoms with Gasteiger partial charge in [-0.15, -0.1) is 0 Å². The Kier molecular flexibility index (Phi) is 9.28. The fourth-order valence-corrected chi connectivity index (χ4v) is 6.06. The lowest BCUT2D eigenvalue weighted by atomic mass is 9.74. The van der Waals surface area contributed by atoms with Crippen LogP contribution in [0, 0.1) is 5.41 Å². The number of aromatic nitrogens is 2. The van der Waals surface area contributed by atoms with E-state index in [1.807, 2.05) is 44.3 Å². The quantitative estimate of drug-likeness (QED) is 0.309. The number of thioether (sulfide) groups is 1. The van der Waals surface area contributed by atoms with Crippen molar-refractivity contribution in [3.05, 3.63) is 63.8 Å². The first-order valence-corrected chi connectivity index (χ1v) is 13.1. The van der Waals surface area contributed by atoms with Crippen molar-refractivity contribution in [2.45, 2.75) is 63.9 Å². The molecule has 0 unspecified atom stereocenters. The average Bonchev–Trinajstić information content (AvgIpc) is 3.17. The molecule has 178 valence electrons. The van der Waals surface area contributed by atoms with Crippen LogP contribution in [0.2, 0.25) is 0 Å². The highest BCUT2D eigenvalue weighted by molar-refractivity contribution is 8.03. The van der Waals surface area contributed by atoms with E-state index < -0.39 is 0 Å². The van der Waals surface area contributed by atoms with Crippen LogP contribution in [0.3, 0.4) is 0 Å². The molecule has 1 aromatic heterocycles. The van der Waals surface area contributed by atoms with Crippen molar-refractivity contribution in [1.82, 2.24) is 9.97 Å². The van der Waals surface area contributed by atoms with Crippen LogP contribution in [-0.2, 0) is 0 Å². The number of halogens is 2. The van der Waals surface area contributed by atoms with Gasteiger partial charge >= 0.3 is 0 Å². The van der Waals surface area contributed by atoms with Crippen LogP contribution in [0.5, 0.6) is 0 Å². The van der Waals surface area contributed by atoms with Crippen LogP contribution in [-0.4, -0.2) is 29.1 Å². The number of anilines is 1. The van der Waals surface area contributed by atoms with Crippen LogP contribution >= 0.6 is 35.0 Å². The van der Waals surface area contributed by atoms with Crippen LogP contribution in [0.25, 0.3) is 5.57 Å². The average molecular weight is 506 g/mol. The fourth-order valence-electron chi connectivity index (χ4n) is 4.74. The molecule has 1 spiro atoms. The normalized spacial score (nSPS) is 22.2. The van der Waals surface area contributed by atoms with Crippen LogP contribution < -0.4 is 10.6 Å². The van der Waals surface area contributed by atoms with Crippen LogP contribution in [0.4, 0.5) is 5.82 Å². The number of hydrogen-bond acceptors (Lipinski definition) is 5. The van der Waals surface area contributed by atoms with E-state index in [1.54, 1.807) is 13.0 Å². The Morgan fingerprint density at radius 3 is 2.52 bits per heavy atom. The van der Waals surface area contributed by atoms with Crippen molar-refractivity contribution in [2.24, 2.45) is 11.1 Å². The minimum atomic E-state index is 0.313. The molecule has 2 N–H and O–H groups in total. The van der Waals surface area contributed by atoms with E-state index in [4.69, 9.17) is 38.9 Å². The molecule has 4 nitrogen and oxygen atoms in total. The Labute approximate surface area is 212 Å². The van der Waals surface area contributed by atoms with Gasteiger partial charge in [-0.2, -0.15) is 0 Å². The Morgan fingerprint density at radius 1 is 1.24 bits per heavy atom. The number of nitrogens with zero attached hydrogens (tertiary/aromatic N) is 3. The van der Waals surface area contributed by atoms with Crippen molar-refractivity contribution >= 4 is 46.4 Å². The van der Waals surface area contributed by atoms with E-state index in [0.717, 1.165) is 59.4 Å². The molecule has 1 aromatic rings. The van der Waals surface area contributed by atoms with E-state index in [1.165, 1.54) is 24.6 Å². The van der Waals surface area contributed by atoms with E-state index in [0.29, 0.717) is 21.5 Å². The molecule has 1 aliphatic carbocycles. The molecule has 0 aromatic carbocycles. The van der Waals surface area contributed by atoms with E-state index in [2.05, 4.69) is 11.5 Å². The van der Waals surface area contributed by atoms with Gasteiger partial charge in [-0.1, -0.05) is 78.3 Å². The lowest BCUT2D eigenvalue weighted by molar-refractivity contribution is 0.197. The van der Waals surface area contributed by atoms with Crippen LogP contribution in [0.1, 0.15) is 58.6 Å². The lowest BCUT2D eigenvalue weighted by Gasteiger charge is -2.42. The van der Waals surface area contributed by atoms with Crippen molar-refractivity contribution < 1.29 is 0 Å². The number of rotatable bonds is 7. The number of nitrogens with two attached hydrogens (primary N) is 1. The van der Waals surface area contributed by atoms with Crippen molar-refractivity contribution in [1.29, 1.82) is 0 Å². The summed E-state index contributed by atoms with van der Waals surface area (Å²) in [5.74, 6) is 0.902. The van der Waals surface area contributed by atoms with Crippen molar-refractivity contribution in [3.63, 3.8) is 0 Å². The molecule has 7 heteroatoms. The summed E-state index contributed by atoms with van der Waals surface area (Å²) in [4.78, 5) is 13.1. The molecule has 1 aliphatic heterocycles. The highest BCUT2D eigenvalue weighted by atomic mass is 35.5. The first kappa shape index (κ1) is 26.1. The van der Waals surface area contributed by atoms with Gasteiger partial charge in [0, 0.05) is 29.1 Å². The molecular weight excluding hydrogens is 471 g/mol. The molecule has 2 fully saturated rings. The first-order chi connectivity index (χ1) is 15.8. The zero-order chi connectivity index (χ0) is 24.0. The third-order valence-corrected chi connectivity index (χ3v) is 8.81. The highest BCUT2D eigenvalue weighted by Crippen LogP contribution is 2.46. The molecule has 1 saturated carbocycles. The Hall–Kier alpha value is -1.53. The number of piperidine rings is 1. The monoisotopic (exact) mass is 504 g/mol. The first-order valence-electron chi connectivity index (χ1n) is 11.5. The molecule has 0 radical (unpaired) electrons. The summed E-state index contributed by atoms with van der Waals surface area (Å²) in [7, 11) is 0. The predicted octanol–water partition coefficient (Wildman–Crippen LogP) is 7.42. The molecule has 2 heterocycles. The summed E-state index contributed by atoms with van der Waals surface area (Å²) in [5.41, 5.74) is 8.60. The second-order valence-corrected chi connectivity index (χ2v) is 10.6. The lowest BCUT2D eigenvalue weighted by Crippen LogP contribution is -2.47. The van der Waals surface area contributed by atoms with Gasteiger partial charge in [-0.05, 0) is 57.4 Å². The third-order valence-electron chi connectivity index (χ3n) is 6.77. The number of allylic oxidation sites excluding steroid dienone is 8. The Morgan fingerprint density at radius 2 is 1.97 bits per heavy atom. The van der Waals surface area contributed by atoms with Gasteiger partial charge in [0.05, 0.1) is 11.2 Å². The summed E-state index contributed by atoms with van der Waals surface area (Å²) >= 11 is 14.1. The molecule has 0 amide bonds. The summed E-state index contributed by atoms with van der Waals surface area (Å²) in [6, 6.07) is 0.334. The second kappa shape index (κ2) is 11.7. The second-order valence-electron chi connectivity index (χ2n) is 8.67. The summed E-state index contributed by atoms with van der Waals surface area (Å²) < 4.78 is 0. The van der Waals surface area contributed by atoms with Gasteiger partial charge in [-0.3, -0.25) is 0 Å². The topological polar surface area (TPSA) is 55.0 Å². The maximum atomic E-state index is 6.48. The molecule has 3 rings (SSSR count). The Balaban J connectivity index is 1.93. The minimum Gasteiger partial charge on any atom is -0.355 e. The maximum absolute atomic E-state index is 6.48. The van der Waals surface area contributed by atoms with Gasteiger partial charge in [0.25, 0.3) is 0 Å². The van der Waals surface area contributed by atoms with Gasteiger partial charge in [0.1, 0.15) is 16.5 Å². The smallest absolute Gasteiger partial charge is 0.147 e. The predicted molar refractivity (Wildman–Crippen MR) is 145 cm³/mol. The SMILES string of the molecule is C=C/C=C\C(=C/C)c1nc(N2CCC3(CCC[C@H]3N)CC2)cnc1SC(=C/C)/C(Cl)=C(\C)Cl. The highest BCUT2D eigenvalue weighted by Gasteiger charge is 2.43. The van der Waals surface area contributed by atoms with Gasteiger partial charge in [-0.25, -0.2) is 9.97 Å². The van der Waals surface area contributed by atoms with Crippen molar-refractivity contribution in [3.8, 4) is 0 Å². The minimum absolute atomic E-state index is 0.313. The summed E-state index contributed by atoms with van der Waals surface area (Å²) in [5, 5.41) is 1.86. The maximum Gasteiger partial charge on any atom is 0.147 e. The summed E-state index contributed by atoms with van der Waals surface area (Å²) in [6.45, 7) is 11.4. The molecule has 2 aliphatic rings. The van der Waals surface area contributed by atoms with E-state index in [9.17, 15) is 0 Å². The van der Waals surface area contributed by atoms with E-state index in [-0.39, 0.29) is 0 Å². The molecule has 33 heavy (non-hydrogen) atoms. The zero-order valence-corrected chi connectivity index (χ0v) is 22.1. The third kappa shape index (κ3) is 5.94. The number of hydrogen-bond donors (Lipinski definition) is 1. The van der Waals surface area contributed by atoms with Crippen LogP contribution in [0.15, 0.2) is 63.2 Å². The standard InChI is InChI=1S/C26H34Cl2N4S/c1-5-8-10-19(6-2)24-25(33-20(7-3)23(28)18(4)27)30-17-22(31-24)32-15-13-26(14-16-32)12-9-11-21(26)29/h5-8,10,17,21H,1,9,11-16,29H2,2-4H3/b10-8-,19-6+,20-7+,23-18-/t21-/m1/s1.